The van der Waals surface area contributed by atoms with E-state index in [2.05, 4.69) is 5.32 Å². The molecule has 0 aliphatic carbocycles. The largest absolute Gasteiger partial charge is 0.313 e. The molecule has 1 aromatic heterocycles. The Morgan fingerprint density at radius 1 is 1.62 bits per heavy atom. The van der Waals surface area contributed by atoms with Crippen molar-refractivity contribution in [2.45, 2.75) is 18.9 Å². The summed E-state index contributed by atoms with van der Waals surface area (Å²) in [5.41, 5.74) is 0. The van der Waals surface area contributed by atoms with Crippen LogP contribution in [0.25, 0.3) is 0 Å². The molecule has 1 aromatic rings. The van der Waals surface area contributed by atoms with Crippen LogP contribution < -0.4 is 9.62 Å². The lowest BCUT2D eigenvalue weighted by molar-refractivity contribution is 0.575. The molecule has 0 amide bonds. The number of hydrogen-bond donors (Lipinski definition) is 1. The second-order valence-corrected chi connectivity index (χ2v) is 6.96. The average molecular weight is 260 g/mol. The van der Waals surface area contributed by atoms with Gasteiger partial charge in [0.25, 0.3) is 0 Å². The summed E-state index contributed by atoms with van der Waals surface area (Å²) in [5.74, 6) is 0.196. The second-order valence-electron chi connectivity index (χ2n) is 3.99. The third kappa shape index (κ3) is 2.56. The highest BCUT2D eigenvalue weighted by Gasteiger charge is 2.26. The summed E-state index contributed by atoms with van der Waals surface area (Å²) in [6.45, 7) is 0.933. The fraction of sp³-hybridized carbons (Fsp3) is 0.600. The first-order valence-corrected chi connectivity index (χ1v) is 7.82. The minimum atomic E-state index is -3.19. The molecular weight excluding hydrogens is 244 g/mol. The number of rotatable bonds is 4. The predicted octanol–water partition coefficient (Wildman–Crippen LogP) is 1.27. The normalized spacial score (nSPS) is 21.2. The van der Waals surface area contributed by atoms with Crippen LogP contribution in [0.4, 0.5) is 5.00 Å². The van der Waals surface area contributed by atoms with Crippen LogP contribution in [0.5, 0.6) is 0 Å². The van der Waals surface area contributed by atoms with E-state index in [-0.39, 0.29) is 11.8 Å². The van der Waals surface area contributed by atoms with Gasteiger partial charge in [0.15, 0.2) is 0 Å². The molecule has 4 nitrogen and oxygen atoms in total. The van der Waals surface area contributed by atoms with Gasteiger partial charge in [-0.3, -0.25) is 4.31 Å². The highest BCUT2D eigenvalue weighted by atomic mass is 32.2. The summed E-state index contributed by atoms with van der Waals surface area (Å²) >= 11 is 1.44. The molecule has 0 saturated carbocycles. The van der Waals surface area contributed by atoms with Crippen LogP contribution in [0.15, 0.2) is 17.5 Å². The van der Waals surface area contributed by atoms with Crippen LogP contribution in [-0.4, -0.2) is 33.8 Å². The lowest BCUT2D eigenvalue weighted by Gasteiger charge is -2.19. The third-order valence-corrected chi connectivity index (χ3v) is 5.72. The molecule has 1 atom stereocenters. The molecule has 1 saturated heterocycles. The smallest absolute Gasteiger partial charge is 0.237 e. The van der Waals surface area contributed by atoms with Gasteiger partial charge in [0.2, 0.25) is 10.0 Å². The molecule has 1 fully saturated rings. The van der Waals surface area contributed by atoms with E-state index in [1.165, 1.54) is 15.6 Å². The Bertz CT molecular complexity index is 422. The van der Waals surface area contributed by atoms with Gasteiger partial charge in [0.1, 0.15) is 5.00 Å². The molecule has 0 spiro atoms. The molecule has 90 valence electrons. The minimum Gasteiger partial charge on any atom is -0.313 e. The Morgan fingerprint density at radius 2 is 2.44 bits per heavy atom. The van der Waals surface area contributed by atoms with Crippen LogP contribution in [-0.2, 0) is 10.0 Å². The van der Waals surface area contributed by atoms with E-state index in [1.807, 2.05) is 17.5 Å². The zero-order chi connectivity index (χ0) is 11.6. The molecule has 2 rings (SSSR count). The Kier molecular flexibility index (Phi) is 3.51. The number of nitrogens with one attached hydrogen (secondary N) is 1. The molecule has 2 heterocycles. The number of nitrogens with zero attached hydrogens (tertiary/aromatic N) is 1. The quantitative estimate of drug-likeness (QED) is 0.887. The van der Waals surface area contributed by atoms with Crippen molar-refractivity contribution < 1.29 is 8.42 Å². The van der Waals surface area contributed by atoms with E-state index >= 15 is 0 Å². The van der Waals surface area contributed by atoms with Gasteiger partial charge >= 0.3 is 0 Å². The maximum atomic E-state index is 12.1. The van der Waals surface area contributed by atoms with Crippen LogP contribution in [0.3, 0.4) is 0 Å². The van der Waals surface area contributed by atoms with Crippen molar-refractivity contribution in [2.75, 3.05) is 23.7 Å². The van der Waals surface area contributed by atoms with Gasteiger partial charge in [0, 0.05) is 13.1 Å². The van der Waals surface area contributed by atoms with Crippen molar-refractivity contribution in [3.05, 3.63) is 17.5 Å². The summed E-state index contributed by atoms with van der Waals surface area (Å²) in [7, 11) is -1.56. The highest BCUT2D eigenvalue weighted by molar-refractivity contribution is 7.93. The van der Waals surface area contributed by atoms with E-state index < -0.39 is 10.0 Å². The van der Waals surface area contributed by atoms with E-state index in [0.29, 0.717) is 0 Å². The number of anilines is 1. The molecule has 0 radical (unpaired) electrons. The van der Waals surface area contributed by atoms with Crippen molar-refractivity contribution in [3.8, 4) is 0 Å². The molecule has 1 aliphatic heterocycles. The van der Waals surface area contributed by atoms with Gasteiger partial charge in [-0.25, -0.2) is 8.42 Å². The summed E-state index contributed by atoms with van der Waals surface area (Å²) < 4.78 is 25.5. The lowest BCUT2D eigenvalue weighted by atomic mass is 10.3. The Hall–Kier alpha value is -0.590. The van der Waals surface area contributed by atoms with Crippen molar-refractivity contribution in [1.82, 2.24) is 5.32 Å². The fourth-order valence-corrected chi connectivity index (χ4v) is 4.27. The molecule has 1 N–H and O–H groups in total. The Labute approximate surface area is 100 Å². The van der Waals surface area contributed by atoms with Crippen LogP contribution in [0, 0.1) is 0 Å². The monoisotopic (exact) mass is 260 g/mol. The molecule has 1 unspecified atom stereocenters. The number of hydrogen-bond acceptors (Lipinski definition) is 4. The Morgan fingerprint density at radius 3 is 3.00 bits per heavy atom. The van der Waals surface area contributed by atoms with Gasteiger partial charge in [0.05, 0.1) is 5.75 Å². The van der Waals surface area contributed by atoms with Gasteiger partial charge in [-0.15, -0.1) is 11.3 Å². The maximum Gasteiger partial charge on any atom is 0.237 e. The van der Waals surface area contributed by atoms with Crippen LogP contribution in [0.2, 0.25) is 0 Å². The van der Waals surface area contributed by atoms with Gasteiger partial charge < -0.3 is 5.32 Å². The molecule has 0 aromatic carbocycles. The van der Waals surface area contributed by atoms with Crippen LogP contribution in [0.1, 0.15) is 12.8 Å². The van der Waals surface area contributed by atoms with Gasteiger partial charge in [-0.2, -0.15) is 0 Å². The van der Waals surface area contributed by atoms with E-state index in [1.54, 1.807) is 7.05 Å². The van der Waals surface area contributed by atoms with Crippen molar-refractivity contribution >= 4 is 26.4 Å². The first kappa shape index (κ1) is 11.9. The standard InChI is InChI=1S/C10H16N2O2S2/c1-12(10-5-3-7-15-10)16(13,14)8-9-4-2-6-11-9/h3,5,7,9,11H,2,4,6,8H2,1H3. The lowest BCUT2D eigenvalue weighted by Crippen LogP contribution is -2.37. The fourth-order valence-electron chi connectivity index (χ4n) is 1.85. The number of thiophene rings is 1. The summed E-state index contributed by atoms with van der Waals surface area (Å²) in [6.07, 6.45) is 2.03. The summed E-state index contributed by atoms with van der Waals surface area (Å²) in [5, 5.41) is 5.87. The molecule has 0 bridgehead atoms. The van der Waals surface area contributed by atoms with Crippen molar-refractivity contribution in [1.29, 1.82) is 0 Å². The molecule has 16 heavy (non-hydrogen) atoms. The zero-order valence-electron chi connectivity index (χ0n) is 9.22. The first-order chi connectivity index (χ1) is 7.59. The maximum absolute atomic E-state index is 12.1. The van der Waals surface area contributed by atoms with E-state index in [0.717, 1.165) is 24.4 Å². The highest BCUT2D eigenvalue weighted by Crippen LogP contribution is 2.23. The van der Waals surface area contributed by atoms with Crippen molar-refractivity contribution in [2.24, 2.45) is 0 Å². The molecule has 1 aliphatic rings. The van der Waals surface area contributed by atoms with Crippen molar-refractivity contribution in [3.63, 3.8) is 0 Å². The predicted molar refractivity (Wildman–Crippen MR) is 67.5 cm³/mol. The number of sulfonamides is 1. The summed E-state index contributed by atoms with van der Waals surface area (Å²) in [4.78, 5) is 0. The third-order valence-electron chi connectivity index (χ3n) is 2.81. The zero-order valence-corrected chi connectivity index (χ0v) is 10.9. The topological polar surface area (TPSA) is 49.4 Å². The van der Waals surface area contributed by atoms with E-state index in [4.69, 9.17) is 0 Å². The van der Waals surface area contributed by atoms with E-state index in [9.17, 15) is 8.42 Å². The van der Waals surface area contributed by atoms with Gasteiger partial charge in [-0.1, -0.05) is 0 Å². The second kappa shape index (κ2) is 4.73. The van der Waals surface area contributed by atoms with Gasteiger partial charge in [-0.05, 0) is 36.9 Å². The minimum absolute atomic E-state index is 0.118. The average Bonchev–Trinajstić information content (AvgIpc) is 2.86. The molecule has 6 heteroatoms. The Balaban J connectivity index is 2.06. The summed E-state index contributed by atoms with van der Waals surface area (Å²) in [6, 6.07) is 3.80. The van der Waals surface area contributed by atoms with Crippen LogP contribution >= 0.6 is 11.3 Å². The SMILES string of the molecule is CN(c1cccs1)S(=O)(=O)CC1CCCN1. The first-order valence-electron chi connectivity index (χ1n) is 5.33. The molecular formula is C10H16N2O2S2.